The van der Waals surface area contributed by atoms with Crippen LogP contribution < -0.4 is 7.85 Å². The van der Waals surface area contributed by atoms with Crippen LogP contribution in [-0.2, 0) is 10.3 Å². The maximum atomic E-state index is 13.8. The third-order valence-electron chi connectivity index (χ3n) is 9.37. The molecular formula is C30H40IN5O3. The zero-order chi connectivity index (χ0) is 27.6. The molecule has 2 saturated carbocycles. The fraction of sp³-hybridized carbons (Fsp3) is 0.567. The van der Waals surface area contributed by atoms with Crippen molar-refractivity contribution in [3.05, 3.63) is 54.2 Å². The molecule has 1 aliphatic heterocycles. The first-order chi connectivity index (χ1) is 18.8. The lowest BCUT2D eigenvalue weighted by molar-refractivity contribution is -0.117. The summed E-state index contributed by atoms with van der Waals surface area (Å²) in [6.45, 7) is 1.98. The number of ether oxygens (including phenoxy) is 1. The largest absolute Gasteiger partial charge is 0.481 e. The SMILES string of the molecule is COc1cc(N(I)C(=O)CCN2C[C@]3(CC[C@](c4ccccc4)(N(C)C)CC3)N(CC3CCC3)C2=O)ccn1. The van der Waals surface area contributed by atoms with Gasteiger partial charge in [-0.1, -0.05) is 36.8 Å². The van der Waals surface area contributed by atoms with Gasteiger partial charge in [0.05, 0.1) is 41.2 Å². The Kier molecular flexibility index (Phi) is 8.37. The average Bonchev–Trinajstić information content (AvgIpc) is 3.19. The van der Waals surface area contributed by atoms with E-state index < -0.39 is 0 Å². The van der Waals surface area contributed by atoms with Crippen LogP contribution in [-0.4, -0.2) is 78.0 Å². The Hall–Kier alpha value is -2.40. The highest BCUT2D eigenvalue weighted by Gasteiger charge is 2.54. The molecule has 3 amide bonds. The number of carbonyl (C=O) groups is 2. The summed E-state index contributed by atoms with van der Waals surface area (Å²) < 4.78 is 6.80. The predicted molar refractivity (Wildman–Crippen MR) is 161 cm³/mol. The Bertz CT molecular complexity index is 1160. The lowest BCUT2D eigenvalue weighted by Gasteiger charge is -2.51. The number of halogens is 1. The molecule has 2 aromatic rings. The number of methoxy groups -OCH3 is 1. The highest BCUT2D eigenvalue weighted by molar-refractivity contribution is 14.1. The van der Waals surface area contributed by atoms with Crippen LogP contribution in [0.4, 0.5) is 10.5 Å². The minimum absolute atomic E-state index is 0.0195. The summed E-state index contributed by atoms with van der Waals surface area (Å²) in [6.07, 6.45) is 9.56. The molecule has 1 spiro atoms. The molecule has 0 N–H and O–H groups in total. The summed E-state index contributed by atoms with van der Waals surface area (Å²) >= 11 is 2.02. The van der Waals surface area contributed by atoms with Crippen LogP contribution in [0.5, 0.6) is 5.88 Å². The number of benzene rings is 1. The first-order valence-corrected chi connectivity index (χ1v) is 15.0. The Labute approximate surface area is 246 Å². The zero-order valence-corrected chi connectivity index (χ0v) is 25.5. The summed E-state index contributed by atoms with van der Waals surface area (Å²) in [7, 11) is 5.93. The van der Waals surface area contributed by atoms with E-state index in [4.69, 9.17) is 4.74 Å². The van der Waals surface area contributed by atoms with Gasteiger partial charge < -0.3 is 14.5 Å². The van der Waals surface area contributed by atoms with Crippen molar-refractivity contribution < 1.29 is 14.3 Å². The number of nitrogens with zero attached hydrogens (tertiary/aromatic N) is 5. The molecule has 3 fully saturated rings. The van der Waals surface area contributed by atoms with E-state index in [9.17, 15) is 9.59 Å². The van der Waals surface area contributed by atoms with E-state index in [1.165, 1.54) is 24.8 Å². The number of pyridine rings is 1. The summed E-state index contributed by atoms with van der Waals surface area (Å²) in [5.74, 6) is 1.03. The van der Waals surface area contributed by atoms with Crippen molar-refractivity contribution >= 4 is 40.5 Å². The van der Waals surface area contributed by atoms with Crippen molar-refractivity contribution in [3.63, 3.8) is 0 Å². The number of urea groups is 1. The van der Waals surface area contributed by atoms with Gasteiger partial charge in [0.25, 0.3) is 0 Å². The lowest BCUT2D eigenvalue weighted by atomic mass is 9.68. The number of amides is 3. The highest BCUT2D eigenvalue weighted by Crippen LogP contribution is 2.49. The third-order valence-corrected chi connectivity index (χ3v) is 10.5. The lowest BCUT2D eigenvalue weighted by Crippen LogP contribution is -2.56. The van der Waals surface area contributed by atoms with Crippen molar-refractivity contribution in [1.29, 1.82) is 0 Å². The molecule has 39 heavy (non-hydrogen) atoms. The molecule has 9 heteroatoms. The maximum Gasteiger partial charge on any atom is 0.320 e. The summed E-state index contributed by atoms with van der Waals surface area (Å²) in [5, 5.41) is 0. The van der Waals surface area contributed by atoms with Crippen LogP contribution in [0.15, 0.2) is 48.7 Å². The van der Waals surface area contributed by atoms with Crippen LogP contribution in [0.2, 0.25) is 0 Å². The molecule has 0 atom stereocenters. The Morgan fingerprint density at radius 2 is 1.85 bits per heavy atom. The smallest absolute Gasteiger partial charge is 0.320 e. The van der Waals surface area contributed by atoms with Crippen LogP contribution in [0, 0.1) is 5.92 Å². The van der Waals surface area contributed by atoms with E-state index in [1.54, 1.807) is 28.6 Å². The Balaban J connectivity index is 1.30. The van der Waals surface area contributed by atoms with Gasteiger partial charge >= 0.3 is 6.03 Å². The van der Waals surface area contributed by atoms with Crippen LogP contribution >= 0.6 is 22.9 Å². The molecule has 0 unspecified atom stereocenters. The summed E-state index contributed by atoms with van der Waals surface area (Å²) in [5.41, 5.74) is 1.90. The van der Waals surface area contributed by atoms with Gasteiger partial charge in [-0.25, -0.2) is 9.78 Å². The summed E-state index contributed by atoms with van der Waals surface area (Å²) in [4.78, 5) is 37.6. The molecule has 1 aromatic carbocycles. The second kappa shape index (κ2) is 11.6. The minimum Gasteiger partial charge on any atom is -0.481 e. The fourth-order valence-corrected chi connectivity index (χ4v) is 7.21. The molecule has 1 saturated heterocycles. The number of hydrogen-bond donors (Lipinski definition) is 0. The Morgan fingerprint density at radius 3 is 2.46 bits per heavy atom. The third kappa shape index (κ3) is 5.49. The first kappa shape index (κ1) is 28.1. The molecule has 0 bridgehead atoms. The molecule has 2 aliphatic carbocycles. The van der Waals surface area contributed by atoms with E-state index >= 15 is 0 Å². The molecule has 8 nitrogen and oxygen atoms in total. The van der Waals surface area contributed by atoms with Gasteiger partial charge in [-0.05, 0) is 70.2 Å². The topological polar surface area (TPSA) is 69.2 Å². The molecule has 210 valence electrons. The number of anilines is 1. The zero-order valence-electron chi connectivity index (χ0n) is 23.3. The van der Waals surface area contributed by atoms with Gasteiger partial charge in [0.2, 0.25) is 11.8 Å². The molecule has 5 rings (SSSR count). The second-order valence-corrected chi connectivity index (χ2v) is 12.6. The van der Waals surface area contributed by atoms with Gasteiger partial charge in [0.15, 0.2) is 0 Å². The van der Waals surface area contributed by atoms with Crippen LogP contribution in [0.3, 0.4) is 0 Å². The molecule has 3 aliphatic rings. The minimum atomic E-state index is -0.160. The van der Waals surface area contributed by atoms with E-state index in [0.717, 1.165) is 37.9 Å². The van der Waals surface area contributed by atoms with Gasteiger partial charge in [-0.15, -0.1) is 0 Å². The average molecular weight is 646 g/mol. The monoisotopic (exact) mass is 645 g/mol. The standard InChI is InChI=1S/C30H40IN5O3/c1-33(2)30(24-10-5-4-6-11-24)16-14-29(15-17-30)22-34(28(38)35(29)21-23-8-7-9-23)19-13-27(37)36(31)25-12-18-32-26(20-25)39-3/h4-6,10-12,18,20,23H,7-9,13-17,19,21-22H2,1-3H3/t29-,30+. The molecule has 1 aromatic heterocycles. The molecule has 2 heterocycles. The number of aromatic nitrogens is 1. The maximum absolute atomic E-state index is 13.8. The number of rotatable bonds is 9. The van der Waals surface area contributed by atoms with Gasteiger partial charge in [0.1, 0.15) is 0 Å². The van der Waals surface area contributed by atoms with Gasteiger partial charge in [0, 0.05) is 43.9 Å². The number of carbonyl (C=O) groups excluding carboxylic acids is 2. The van der Waals surface area contributed by atoms with Gasteiger partial charge in [-0.2, -0.15) is 0 Å². The number of hydrogen-bond acceptors (Lipinski definition) is 5. The van der Waals surface area contributed by atoms with Crippen LogP contribution in [0.25, 0.3) is 0 Å². The van der Waals surface area contributed by atoms with E-state index in [-0.39, 0.29) is 29.4 Å². The quantitative estimate of drug-likeness (QED) is 0.267. The first-order valence-electron chi connectivity index (χ1n) is 14.1. The van der Waals surface area contributed by atoms with Crippen molar-refractivity contribution in [1.82, 2.24) is 19.7 Å². The van der Waals surface area contributed by atoms with Crippen molar-refractivity contribution in [2.45, 2.75) is 62.4 Å². The van der Waals surface area contributed by atoms with Crippen molar-refractivity contribution in [2.75, 3.05) is 44.0 Å². The highest BCUT2D eigenvalue weighted by atomic mass is 127. The van der Waals surface area contributed by atoms with Crippen molar-refractivity contribution in [3.8, 4) is 5.88 Å². The fourth-order valence-electron chi connectivity index (χ4n) is 6.67. The predicted octanol–water partition coefficient (Wildman–Crippen LogP) is 5.47. The van der Waals surface area contributed by atoms with E-state index in [1.807, 2.05) is 27.8 Å². The van der Waals surface area contributed by atoms with E-state index in [0.29, 0.717) is 24.9 Å². The van der Waals surface area contributed by atoms with Gasteiger partial charge in [-0.3, -0.25) is 12.8 Å². The second-order valence-electron chi connectivity index (χ2n) is 11.6. The Morgan fingerprint density at radius 1 is 1.13 bits per heavy atom. The normalized spacial score (nSPS) is 25.3. The van der Waals surface area contributed by atoms with E-state index in [2.05, 4.69) is 59.2 Å². The summed E-state index contributed by atoms with van der Waals surface area (Å²) in [6, 6.07) is 14.5. The van der Waals surface area contributed by atoms with Crippen LogP contribution in [0.1, 0.15) is 56.9 Å². The molecular weight excluding hydrogens is 605 g/mol. The molecule has 0 radical (unpaired) electrons. The van der Waals surface area contributed by atoms with Crippen molar-refractivity contribution in [2.24, 2.45) is 5.92 Å².